The second-order valence-corrected chi connectivity index (χ2v) is 4.35. The van der Waals surface area contributed by atoms with E-state index in [0.29, 0.717) is 17.1 Å². The number of hydrogen-bond donors (Lipinski definition) is 0. The highest BCUT2D eigenvalue weighted by molar-refractivity contribution is 5.74. The number of nitrogens with zero attached hydrogens (tertiary/aromatic N) is 2. The fourth-order valence-electron chi connectivity index (χ4n) is 2.04. The number of rotatable bonds is 1. The van der Waals surface area contributed by atoms with Gasteiger partial charge in [-0.3, -0.25) is 0 Å². The molecule has 0 unspecified atom stereocenters. The van der Waals surface area contributed by atoms with Crippen LogP contribution in [0.1, 0.15) is 12.8 Å². The van der Waals surface area contributed by atoms with Gasteiger partial charge in [-0.25, -0.2) is 4.39 Å². The summed E-state index contributed by atoms with van der Waals surface area (Å²) in [5.41, 5.74) is 2.47. The van der Waals surface area contributed by atoms with E-state index >= 15 is 0 Å². The van der Waals surface area contributed by atoms with Gasteiger partial charge < -0.3 is 9.32 Å². The number of oxazole rings is 1. The molecule has 1 aliphatic heterocycles. The summed E-state index contributed by atoms with van der Waals surface area (Å²) in [5, 5.41) is 0. The molecule has 0 spiro atoms. The molecule has 0 N–H and O–H groups in total. The van der Waals surface area contributed by atoms with Crippen LogP contribution >= 0.6 is 0 Å². The van der Waals surface area contributed by atoms with Crippen LogP contribution in [0, 0.1) is 5.82 Å². The van der Waals surface area contributed by atoms with Crippen LogP contribution in [0.2, 0.25) is 0 Å². The summed E-state index contributed by atoms with van der Waals surface area (Å²) in [7, 11) is 0. The molecule has 0 aliphatic carbocycles. The highest BCUT2D eigenvalue weighted by Crippen LogP contribution is 2.25. The van der Waals surface area contributed by atoms with Crippen LogP contribution in [0.3, 0.4) is 0 Å². The van der Waals surface area contributed by atoms with Crippen LogP contribution < -0.4 is 4.90 Å². The first-order valence-electron chi connectivity index (χ1n) is 5.70. The van der Waals surface area contributed by atoms with Crippen molar-refractivity contribution < 1.29 is 8.81 Å². The van der Waals surface area contributed by atoms with Gasteiger partial charge in [0, 0.05) is 19.2 Å². The fraction of sp³-hybridized carbons (Fsp3) is 0.308. The average Bonchev–Trinajstić information content (AvgIpc) is 2.72. The largest absolute Gasteiger partial charge is 0.423 e. The summed E-state index contributed by atoms with van der Waals surface area (Å²) in [6, 6.07) is 4.99. The molecular weight excluding hydrogens is 219 g/mol. The molecule has 3 nitrogen and oxygen atoms in total. The number of hydrogen-bond acceptors (Lipinski definition) is 3. The molecule has 2 heterocycles. The Bertz CT molecular complexity index is 566. The summed E-state index contributed by atoms with van der Waals surface area (Å²) < 4.78 is 18.6. The van der Waals surface area contributed by atoms with E-state index < -0.39 is 0 Å². The zero-order valence-electron chi connectivity index (χ0n) is 9.45. The lowest BCUT2D eigenvalue weighted by molar-refractivity contribution is 0.545. The van der Waals surface area contributed by atoms with Gasteiger partial charge in [-0.1, -0.05) is 12.2 Å². The van der Waals surface area contributed by atoms with Crippen LogP contribution in [-0.2, 0) is 0 Å². The molecule has 0 saturated carbocycles. The van der Waals surface area contributed by atoms with Crippen molar-refractivity contribution in [2.24, 2.45) is 0 Å². The maximum absolute atomic E-state index is 13.0. The normalized spacial score (nSPS) is 16.8. The highest BCUT2D eigenvalue weighted by Gasteiger charge is 2.18. The summed E-state index contributed by atoms with van der Waals surface area (Å²) in [6.45, 7) is 5.71. The molecule has 3 rings (SSSR count). The lowest BCUT2D eigenvalue weighted by Crippen LogP contribution is -2.30. The molecule has 1 aromatic heterocycles. The van der Waals surface area contributed by atoms with Crippen LogP contribution in [0.25, 0.3) is 11.1 Å². The number of anilines is 1. The second-order valence-electron chi connectivity index (χ2n) is 4.35. The van der Waals surface area contributed by atoms with Crippen molar-refractivity contribution in [3.05, 3.63) is 36.2 Å². The third-order valence-electron chi connectivity index (χ3n) is 3.08. The van der Waals surface area contributed by atoms with Crippen molar-refractivity contribution in [2.45, 2.75) is 12.8 Å². The van der Waals surface area contributed by atoms with Gasteiger partial charge in [0.1, 0.15) is 11.3 Å². The van der Waals surface area contributed by atoms with Crippen LogP contribution in [0.15, 0.2) is 34.8 Å². The molecule has 0 amide bonds. The number of benzene rings is 1. The van der Waals surface area contributed by atoms with Gasteiger partial charge in [-0.05, 0) is 25.0 Å². The molecule has 4 heteroatoms. The third-order valence-corrected chi connectivity index (χ3v) is 3.08. The van der Waals surface area contributed by atoms with Gasteiger partial charge in [0.15, 0.2) is 5.58 Å². The molecule has 0 bridgehead atoms. The molecular formula is C13H13FN2O. The first kappa shape index (κ1) is 10.3. The minimum absolute atomic E-state index is 0.299. The lowest BCUT2D eigenvalue weighted by atomic mass is 10.1. The fourth-order valence-corrected chi connectivity index (χ4v) is 2.04. The Kier molecular flexibility index (Phi) is 2.35. The van der Waals surface area contributed by atoms with Gasteiger partial charge >= 0.3 is 0 Å². The third kappa shape index (κ3) is 1.90. The predicted octanol–water partition coefficient (Wildman–Crippen LogP) is 3.12. The summed E-state index contributed by atoms with van der Waals surface area (Å²) in [6.07, 6.45) is 1.93. The Morgan fingerprint density at radius 2 is 2.06 bits per heavy atom. The SMILES string of the molecule is C=C1CCN(c2nc3ccc(F)cc3o2)CC1. The molecule has 1 saturated heterocycles. The maximum atomic E-state index is 13.0. The van der Waals surface area contributed by atoms with Crippen molar-refractivity contribution in [2.75, 3.05) is 18.0 Å². The Morgan fingerprint density at radius 3 is 2.82 bits per heavy atom. The molecule has 1 aliphatic rings. The number of fused-ring (bicyclic) bond motifs is 1. The van der Waals surface area contributed by atoms with Crippen LogP contribution in [0.4, 0.5) is 10.4 Å². The van der Waals surface area contributed by atoms with Crippen LogP contribution in [-0.4, -0.2) is 18.1 Å². The van der Waals surface area contributed by atoms with E-state index in [9.17, 15) is 4.39 Å². The standard InChI is InChI=1S/C13H13FN2O/c1-9-4-6-16(7-5-9)13-15-11-3-2-10(14)8-12(11)17-13/h2-3,8H,1,4-7H2. The van der Waals surface area contributed by atoms with Gasteiger partial charge in [0.25, 0.3) is 6.01 Å². The van der Waals surface area contributed by atoms with E-state index in [-0.39, 0.29) is 5.82 Å². The van der Waals surface area contributed by atoms with Crippen molar-refractivity contribution in [1.82, 2.24) is 4.98 Å². The van der Waals surface area contributed by atoms with Crippen molar-refractivity contribution in [1.29, 1.82) is 0 Å². The van der Waals surface area contributed by atoms with E-state index in [4.69, 9.17) is 4.42 Å². The molecule has 0 radical (unpaired) electrons. The van der Waals surface area contributed by atoms with Gasteiger partial charge in [-0.15, -0.1) is 0 Å². The van der Waals surface area contributed by atoms with Gasteiger partial charge in [0.2, 0.25) is 0 Å². The first-order chi connectivity index (χ1) is 8.22. The minimum atomic E-state index is -0.299. The summed E-state index contributed by atoms with van der Waals surface area (Å²) in [4.78, 5) is 6.44. The molecule has 17 heavy (non-hydrogen) atoms. The van der Waals surface area contributed by atoms with Crippen LogP contribution in [0.5, 0.6) is 0 Å². The Labute approximate surface area is 98.5 Å². The molecule has 2 aromatic rings. The highest BCUT2D eigenvalue weighted by atomic mass is 19.1. The summed E-state index contributed by atoms with van der Waals surface area (Å²) >= 11 is 0. The van der Waals surface area contributed by atoms with Crippen molar-refractivity contribution in [3.8, 4) is 0 Å². The predicted molar refractivity (Wildman–Crippen MR) is 64.6 cm³/mol. The van der Waals surface area contributed by atoms with E-state index in [2.05, 4.69) is 16.5 Å². The van der Waals surface area contributed by atoms with E-state index in [1.165, 1.54) is 17.7 Å². The number of halogens is 1. The van der Waals surface area contributed by atoms with Crippen molar-refractivity contribution >= 4 is 17.1 Å². The molecule has 1 aromatic carbocycles. The smallest absolute Gasteiger partial charge is 0.298 e. The van der Waals surface area contributed by atoms with Gasteiger partial charge in [0.05, 0.1) is 0 Å². The molecule has 1 fully saturated rings. The Hall–Kier alpha value is -1.84. The number of piperidine rings is 1. The zero-order valence-corrected chi connectivity index (χ0v) is 9.45. The Balaban J connectivity index is 1.92. The second kappa shape index (κ2) is 3.87. The topological polar surface area (TPSA) is 29.3 Å². The lowest BCUT2D eigenvalue weighted by Gasteiger charge is -2.26. The minimum Gasteiger partial charge on any atom is -0.423 e. The van der Waals surface area contributed by atoms with E-state index in [1.54, 1.807) is 6.07 Å². The Morgan fingerprint density at radius 1 is 1.29 bits per heavy atom. The molecule has 0 atom stereocenters. The number of aromatic nitrogens is 1. The summed E-state index contributed by atoms with van der Waals surface area (Å²) in [5.74, 6) is -0.299. The first-order valence-corrected chi connectivity index (χ1v) is 5.70. The monoisotopic (exact) mass is 232 g/mol. The van der Waals surface area contributed by atoms with Crippen molar-refractivity contribution in [3.63, 3.8) is 0 Å². The van der Waals surface area contributed by atoms with Gasteiger partial charge in [-0.2, -0.15) is 4.98 Å². The maximum Gasteiger partial charge on any atom is 0.298 e. The van der Waals surface area contributed by atoms with E-state index in [0.717, 1.165) is 25.9 Å². The molecule has 88 valence electrons. The average molecular weight is 232 g/mol. The quantitative estimate of drug-likeness (QED) is 0.707. The van der Waals surface area contributed by atoms with E-state index in [1.807, 2.05) is 0 Å². The zero-order chi connectivity index (χ0) is 11.8.